The zero-order valence-electron chi connectivity index (χ0n) is 17.4. The summed E-state index contributed by atoms with van der Waals surface area (Å²) in [6, 6.07) is 0. The fourth-order valence-corrected chi connectivity index (χ4v) is 8.83. The van der Waals surface area contributed by atoms with Crippen LogP contribution in [0.4, 0.5) is 0 Å². The van der Waals surface area contributed by atoms with Crippen molar-refractivity contribution in [2.24, 2.45) is 34.5 Å². The average molecular weight is 363 g/mol. The van der Waals surface area contributed by atoms with Crippen LogP contribution in [0.5, 0.6) is 0 Å². The molecule has 5 fully saturated rings. The molecule has 5 rings (SSSR count). The molecule has 5 aliphatic rings. The van der Waals surface area contributed by atoms with E-state index in [-0.39, 0.29) is 11.7 Å². The van der Waals surface area contributed by atoms with Gasteiger partial charge in [0.1, 0.15) is 5.60 Å². The highest BCUT2D eigenvalue weighted by Crippen LogP contribution is 2.74. The minimum absolute atomic E-state index is 0.0167. The van der Waals surface area contributed by atoms with Gasteiger partial charge in [0.05, 0.1) is 18.3 Å². The first-order valence-corrected chi connectivity index (χ1v) is 11.1. The number of hydrogen-bond acceptors (Lipinski definition) is 3. The Hall–Kier alpha value is -0.120. The van der Waals surface area contributed by atoms with Crippen LogP contribution in [0.1, 0.15) is 72.1 Å². The Labute approximate surface area is 159 Å². The summed E-state index contributed by atoms with van der Waals surface area (Å²) in [6.45, 7) is 7.43. The molecule has 0 radical (unpaired) electrons. The molecule has 148 valence electrons. The smallest absolute Gasteiger partial charge is 0.126 e. The Morgan fingerprint density at radius 2 is 1.77 bits per heavy atom. The zero-order valence-corrected chi connectivity index (χ0v) is 17.4. The summed E-state index contributed by atoms with van der Waals surface area (Å²) < 4.78 is 17.9. The van der Waals surface area contributed by atoms with Gasteiger partial charge in [-0.1, -0.05) is 13.8 Å². The Balaban J connectivity index is 1.42. The number of rotatable bonds is 3. The van der Waals surface area contributed by atoms with Gasteiger partial charge in [0.25, 0.3) is 0 Å². The number of fused-ring (bicyclic) bond motifs is 7. The van der Waals surface area contributed by atoms with E-state index in [0.29, 0.717) is 23.0 Å². The molecule has 0 spiro atoms. The van der Waals surface area contributed by atoms with Crippen LogP contribution in [0.3, 0.4) is 0 Å². The molecule has 3 nitrogen and oxygen atoms in total. The normalized spacial score (nSPS) is 59.0. The van der Waals surface area contributed by atoms with Crippen molar-refractivity contribution in [2.75, 3.05) is 14.2 Å². The average Bonchev–Trinajstić information content (AvgIpc) is 3.32. The van der Waals surface area contributed by atoms with E-state index in [2.05, 4.69) is 20.8 Å². The first-order valence-electron chi connectivity index (χ1n) is 11.1. The van der Waals surface area contributed by atoms with Crippen LogP contribution >= 0.6 is 0 Å². The summed E-state index contributed by atoms with van der Waals surface area (Å²) in [5.41, 5.74) is 0.886. The van der Waals surface area contributed by atoms with Crippen LogP contribution in [-0.2, 0) is 14.2 Å². The van der Waals surface area contributed by atoms with Gasteiger partial charge in [-0.15, -0.1) is 0 Å². The summed E-state index contributed by atoms with van der Waals surface area (Å²) >= 11 is 0. The fourth-order valence-electron chi connectivity index (χ4n) is 8.83. The number of epoxide rings is 1. The largest absolute Gasteiger partial charge is 0.381 e. The van der Waals surface area contributed by atoms with Gasteiger partial charge < -0.3 is 14.2 Å². The van der Waals surface area contributed by atoms with E-state index in [4.69, 9.17) is 14.2 Å². The van der Waals surface area contributed by atoms with Crippen molar-refractivity contribution in [3.8, 4) is 0 Å². The predicted molar refractivity (Wildman–Crippen MR) is 102 cm³/mol. The molecule has 1 heterocycles. The molecule has 4 saturated carbocycles. The first kappa shape index (κ1) is 17.9. The third-order valence-electron chi connectivity index (χ3n) is 10.4. The van der Waals surface area contributed by atoms with Gasteiger partial charge in [0.2, 0.25) is 0 Å². The SMILES string of the molecule is CO[C@H]1CC[C@@]2(C)[C@@H](CC[C@@H]3[C@@H]2CC[C@@]2(C)[C@H]3C[C@H]3O[C@]32[C@H](C)OC)C1. The lowest BCUT2D eigenvalue weighted by Gasteiger charge is -2.61. The molecule has 1 saturated heterocycles. The van der Waals surface area contributed by atoms with Crippen LogP contribution < -0.4 is 0 Å². The Morgan fingerprint density at radius 3 is 2.50 bits per heavy atom. The highest BCUT2D eigenvalue weighted by atomic mass is 16.6. The summed E-state index contributed by atoms with van der Waals surface area (Å²) in [7, 11) is 3.77. The van der Waals surface area contributed by atoms with E-state index in [1.807, 2.05) is 14.2 Å². The highest BCUT2D eigenvalue weighted by molar-refractivity contribution is 5.26. The maximum absolute atomic E-state index is 6.36. The van der Waals surface area contributed by atoms with E-state index < -0.39 is 0 Å². The third-order valence-corrected chi connectivity index (χ3v) is 10.4. The Morgan fingerprint density at radius 1 is 0.962 bits per heavy atom. The molecule has 10 atom stereocenters. The second-order valence-corrected chi connectivity index (χ2v) is 10.8. The first-order chi connectivity index (χ1) is 12.4. The second kappa shape index (κ2) is 5.70. The molecule has 0 amide bonds. The molecular formula is C23H38O3. The number of hydrogen-bond donors (Lipinski definition) is 0. The van der Waals surface area contributed by atoms with Crippen LogP contribution in [0.15, 0.2) is 0 Å². The van der Waals surface area contributed by atoms with Crippen molar-refractivity contribution in [3.05, 3.63) is 0 Å². The number of ether oxygens (including phenoxy) is 3. The minimum atomic E-state index is 0.0167. The van der Waals surface area contributed by atoms with Gasteiger partial charge >= 0.3 is 0 Å². The van der Waals surface area contributed by atoms with Gasteiger partial charge in [-0.05, 0) is 87.4 Å². The summed E-state index contributed by atoms with van der Waals surface area (Å²) in [5.74, 6) is 3.55. The summed E-state index contributed by atoms with van der Waals surface area (Å²) in [6.07, 6.45) is 12.0. The van der Waals surface area contributed by atoms with Crippen LogP contribution in [0, 0.1) is 34.5 Å². The minimum Gasteiger partial charge on any atom is -0.381 e. The van der Waals surface area contributed by atoms with Crippen molar-refractivity contribution in [2.45, 2.75) is 96.1 Å². The maximum atomic E-state index is 6.36. The van der Waals surface area contributed by atoms with E-state index in [1.54, 1.807) is 0 Å². The molecule has 3 heteroatoms. The lowest BCUT2D eigenvalue weighted by atomic mass is 9.44. The molecule has 0 N–H and O–H groups in total. The van der Waals surface area contributed by atoms with Crippen molar-refractivity contribution in [1.29, 1.82) is 0 Å². The molecule has 0 aromatic rings. The molecule has 0 aromatic carbocycles. The van der Waals surface area contributed by atoms with Crippen molar-refractivity contribution in [3.63, 3.8) is 0 Å². The van der Waals surface area contributed by atoms with Gasteiger partial charge in [0, 0.05) is 19.6 Å². The summed E-state index contributed by atoms with van der Waals surface area (Å²) in [5, 5.41) is 0. The molecule has 0 aromatic heterocycles. The van der Waals surface area contributed by atoms with Gasteiger partial charge in [-0.3, -0.25) is 0 Å². The van der Waals surface area contributed by atoms with E-state index in [9.17, 15) is 0 Å². The molecule has 0 unspecified atom stereocenters. The lowest BCUT2D eigenvalue weighted by Crippen LogP contribution is -2.57. The number of methoxy groups -OCH3 is 2. The summed E-state index contributed by atoms with van der Waals surface area (Å²) in [4.78, 5) is 0. The lowest BCUT2D eigenvalue weighted by molar-refractivity contribution is -0.155. The van der Waals surface area contributed by atoms with Crippen LogP contribution in [0.25, 0.3) is 0 Å². The topological polar surface area (TPSA) is 31.0 Å². The predicted octanol–water partition coefficient (Wildman–Crippen LogP) is 4.83. The van der Waals surface area contributed by atoms with Crippen molar-refractivity contribution >= 4 is 0 Å². The second-order valence-electron chi connectivity index (χ2n) is 10.8. The Kier molecular flexibility index (Phi) is 3.94. The molecule has 1 aliphatic heterocycles. The van der Waals surface area contributed by atoms with E-state index in [1.165, 1.54) is 51.4 Å². The van der Waals surface area contributed by atoms with E-state index >= 15 is 0 Å². The van der Waals surface area contributed by atoms with Gasteiger partial charge in [-0.25, -0.2) is 0 Å². The third kappa shape index (κ3) is 2.01. The highest BCUT2D eigenvalue weighted by Gasteiger charge is 2.79. The van der Waals surface area contributed by atoms with Gasteiger partial charge in [-0.2, -0.15) is 0 Å². The molecule has 0 bridgehead atoms. The monoisotopic (exact) mass is 362 g/mol. The van der Waals surface area contributed by atoms with Crippen molar-refractivity contribution < 1.29 is 14.2 Å². The van der Waals surface area contributed by atoms with E-state index in [0.717, 1.165) is 23.7 Å². The molecular weight excluding hydrogens is 324 g/mol. The standard InChI is InChI=1S/C23H38O3/c1-14(24-4)23-20(26-23)13-19-17-7-6-15-12-16(25-5)8-10-21(15,2)18(17)9-11-22(19,23)3/h14-20H,6-13H2,1-5H3/t14-,15-,16-,17+,18-,19-,20+,21-,22-,23+/m0/s1. The van der Waals surface area contributed by atoms with Gasteiger partial charge in [0.15, 0.2) is 0 Å². The molecule has 4 aliphatic carbocycles. The molecule has 26 heavy (non-hydrogen) atoms. The quantitative estimate of drug-likeness (QED) is 0.674. The van der Waals surface area contributed by atoms with Crippen LogP contribution in [-0.4, -0.2) is 38.1 Å². The zero-order chi connectivity index (χ0) is 18.3. The fraction of sp³-hybridized carbons (Fsp3) is 1.00. The Bertz CT molecular complexity index is 578. The van der Waals surface area contributed by atoms with Crippen molar-refractivity contribution in [1.82, 2.24) is 0 Å². The maximum Gasteiger partial charge on any atom is 0.126 e. The van der Waals surface area contributed by atoms with Crippen LogP contribution in [0.2, 0.25) is 0 Å².